The van der Waals surface area contributed by atoms with Gasteiger partial charge in [0, 0.05) is 31.0 Å². The fourth-order valence-electron chi connectivity index (χ4n) is 4.66. The number of benzene rings is 1. The van der Waals surface area contributed by atoms with E-state index in [0.29, 0.717) is 30.4 Å². The predicted molar refractivity (Wildman–Crippen MR) is 147 cm³/mol. The molecular weight excluding hydrogens is 579 g/mol. The fraction of sp³-hybridized carbons (Fsp3) is 0.370. The van der Waals surface area contributed by atoms with E-state index < -0.39 is 41.9 Å². The van der Waals surface area contributed by atoms with Crippen LogP contribution in [0.5, 0.6) is 0 Å². The van der Waals surface area contributed by atoms with Crippen molar-refractivity contribution < 1.29 is 27.8 Å². The van der Waals surface area contributed by atoms with Crippen LogP contribution >= 0.6 is 11.6 Å². The summed E-state index contributed by atoms with van der Waals surface area (Å²) in [6.07, 6.45) is 1.26. The number of hydrogen-bond donors (Lipinski definition) is 3. The van der Waals surface area contributed by atoms with Crippen LogP contribution in [0.25, 0.3) is 16.8 Å². The number of nitrogens with zero attached hydrogens (tertiary/aromatic N) is 5. The van der Waals surface area contributed by atoms with E-state index in [2.05, 4.69) is 25.7 Å². The van der Waals surface area contributed by atoms with Gasteiger partial charge in [0.2, 0.25) is 11.9 Å². The van der Waals surface area contributed by atoms with Crippen LogP contribution in [0.2, 0.25) is 5.02 Å². The molecule has 15 heteroatoms. The average molecular weight is 606 g/mol. The van der Waals surface area contributed by atoms with Gasteiger partial charge in [-0.1, -0.05) is 23.7 Å². The number of fused-ring (bicyclic) bond motifs is 1. The number of aromatic nitrogens is 5. The third-order valence-electron chi connectivity index (χ3n) is 7.04. The molecule has 222 valence electrons. The molecule has 3 N–H and O–H groups in total. The summed E-state index contributed by atoms with van der Waals surface area (Å²) in [5.74, 6) is -0.319. The van der Waals surface area contributed by atoms with Crippen molar-refractivity contribution in [2.75, 3.05) is 25.1 Å². The van der Waals surface area contributed by atoms with Crippen molar-refractivity contribution in [2.45, 2.75) is 44.1 Å². The van der Waals surface area contributed by atoms with E-state index in [1.807, 2.05) is 0 Å². The second-order valence-electron chi connectivity index (χ2n) is 9.87. The van der Waals surface area contributed by atoms with E-state index in [4.69, 9.17) is 16.3 Å². The number of amides is 1. The number of carbonyl (C=O) groups excluding carboxylic acids is 1. The molecule has 1 amide bonds. The number of alkyl halides is 3. The molecule has 1 aliphatic heterocycles. The Morgan fingerprint density at radius 3 is 2.74 bits per heavy atom. The van der Waals surface area contributed by atoms with Gasteiger partial charge in [0.05, 0.1) is 35.1 Å². The highest BCUT2D eigenvalue weighted by molar-refractivity contribution is 6.32. The zero-order valence-corrected chi connectivity index (χ0v) is 23.1. The van der Waals surface area contributed by atoms with Gasteiger partial charge < -0.3 is 20.5 Å². The first-order chi connectivity index (χ1) is 20.0. The summed E-state index contributed by atoms with van der Waals surface area (Å²) in [4.78, 5) is 35.2. The van der Waals surface area contributed by atoms with Crippen molar-refractivity contribution in [3.8, 4) is 11.3 Å². The summed E-state index contributed by atoms with van der Waals surface area (Å²) in [6, 6.07) is 3.78. The average Bonchev–Trinajstić information content (AvgIpc) is 3.42. The van der Waals surface area contributed by atoms with Gasteiger partial charge in [-0.3, -0.25) is 14.2 Å². The zero-order valence-electron chi connectivity index (χ0n) is 22.3. The molecule has 1 unspecified atom stereocenters. The Kier molecular flexibility index (Phi) is 8.48. The minimum absolute atomic E-state index is 0.0671. The highest BCUT2D eigenvalue weighted by Crippen LogP contribution is 2.31. The number of ether oxygens (including phenoxy) is 1. The second kappa shape index (κ2) is 12.1. The first-order valence-corrected chi connectivity index (χ1v) is 13.5. The number of halogens is 4. The molecule has 42 heavy (non-hydrogen) atoms. The molecule has 1 aromatic carbocycles. The smallest absolute Gasteiger partial charge is 0.394 e. The molecule has 5 rings (SSSR count). The topological polar surface area (TPSA) is 136 Å². The van der Waals surface area contributed by atoms with E-state index in [1.165, 1.54) is 36.1 Å². The summed E-state index contributed by atoms with van der Waals surface area (Å²) < 4.78 is 47.3. The molecule has 4 aromatic rings. The van der Waals surface area contributed by atoms with E-state index >= 15 is 0 Å². The largest absolute Gasteiger partial charge is 0.416 e. The first-order valence-electron chi connectivity index (χ1n) is 13.1. The number of nitrogens with one attached hydrogen (secondary N) is 2. The number of rotatable bonds is 8. The summed E-state index contributed by atoms with van der Waals surface area (Å²) >= 11 is 6.39. The standard InChI is InChI=1S/C27H27ClF3N7O4/c1-15(24(40)35-21(13-39)16-3-2-4-18(9-16)27(29,30)31)37-14-33-38-12-17(10-22(38)25(37)41)23-20(28)11-32-26(36-23)34-19-5-7-42-8-6-19/h2-4,9-12,14-15,19,21,39H,5-8,13H2,1H3,(H,35,40)(H,32,34,36)/t15?,21-/m1/s1. The Morgan fingerprint density at radius 2 is 2.02 bits per heavy atom. The van der Waals surface area contributed by atoms with Crippen LogP contribution in [0.3, 0.4) is 0 Å². The van der Waals surface area contributed by atoms with Gasteiger partial charge in [0.1, 0.15) is 17.9 Å². The minimum Gasteiger partial charge on any atom is -0.394 e. The lowest BCUT2D eigenvalue weighted by Crippen LogP contribution is -2.39. The normalized spacial score (nSPS) is 15.9. The lowest BCUT2D eigenvalue weighted by Gasteiger charge is -2.23. The Hall–Kier alpha value is -4.01. The summed E-state index contributed by atoms with van der Waals surface area (Å²) in [5, 5.41) is 20.1. The van der Waals surface area contributed by atoms with Crippen LogP contribution in [-0.2, 0) is 15.7 Å². The molecule has 3 aromatic heterocycles. The molecule has 1 saturated heterocycles. The van der Waals surface area contributed by atoms with E-state index in [0.717, 1.165) is 29.5 Å². The molecule has 0 aliphatic carbocycles. The van der Waals surface area contributed by atoms with Crippen molar-refractivity contribution in [1.29, 1.82) is 0 Å². The third-order valence-corrected chi connectivity index (χ3v) is 7.32. The minimum atomic E-state index is -4.59. The number of hydrogen-bond acceptors (Lipinski definition) is 8. The van der Waals surface area contributed by atoms with Gasteiger partial charge in [-0.15, -0.1) is 0 Å². The van der Waals surface area contributed by atoms with Crippen molar-refractivity contribution in [1.82, 2.24) is 29.5 Å². The van der Waals surface area contributed by atoms with Gasteiger partial charge >= 0.3 is 6.18 Å². The molecule has 0 radical (unpaired) electrons. The molecule has 0 saturated carbocycles. The van der Waals surface area contributed by atoms with Crippen LogP contribution in [-0.4, -0.2) is 61.0 Å². The molecule has 11 nitrogen and oxygen atoms in total. The molecule has 0 spiro atoms. The quantitative estimate of drug-likeness (QED) is 0.277. The first kappa shape index (κ1) is 29.5. The highest BCUT2D eigenvalue weighted by Gasteiger charge is 2.31. The van der Waals surface area contributed by atoms with Gasteiger partial charge in [0.25, 0.3) is 5.56 Å². The Bertz CT molecular complexity index is 1650. The zero-order chi connectivity index (χ0) is 30.0. The third kappa shape index (κ3) is 6.25. The van der Waals surface area contributed by atoms with Crippen molar-refractivity contribution >= 4 is 29.0 Å². The predicted octanol–water partition coefficient (Wildman–Crippen LogP) is 3.63. The van der Waals surface area contributed by atoms with Crippen molar-refractivity contribution in [3.05, 3.63) is 75.6 Å². The van der Waals surface area contributed by atoms with Crippen LogP contribution < -0.4 is 16.2 Å². The number of carbonyl (C=O) groups is 1. The van der Waals surface area contributed by atoms with E-state index in [1.54, 1.807) is 12.3 Å². The molecule has 2 atom stereocenters. The van der Waals surface area contributed by atoms with Gasteiger partial charge in [0.15, 0.2) is 0 Å². The van der Waals surface area contributed by atoms with Crippen molar-refractivity contribution in [3.63, 3.8) is 0 Å². The summed E-state index contributed by atoms with van der Waals surface area (Å²) in [5.41, 5.74) is -0.373. The van der Waals surface area contributed by atoms with Gasteiger partial charge in [-0.25, -0.2) is 14.5 Å². The van der Waals surface area contributed by atoms with Gasteiger partial charge in [-0.2, -0.15) is 18.3 Å². The molecule has 1 aliphatic rings. The second-order valence-corrected chi connectivity index (χ2v) is 10.3. The monoisotopic (exact) mass is 605 g/mol. The molecule has 1 fully saturated rings. The number of aliphatic hydroxyl groups is 1. The maximum absolute atomic E-state index is 13.4. The Labute approximate surface area is 242 Å². The van der Waals surface area contributed by atoms with Crippen LogP contribution in [0.15, 0.2) is 53.8 Å². The van der Waals surface area contributed by atoms with Crippen LogP contribution in [0.4, 0.5) is 19.1 Å². The Morgan fingerprint density at radius 1 is 1.26 bits per heavy atom. The lowest BCUT2D eigenvalue weighted by atomic mass is 10.0. The Balaban J connectivity index is 1.37. The van der Waals surface area contributed by atoms with E-state index in [9.17, 15) is 27.9 Å². The molecular formula is C27H27ClF3N7O4. The van der Waals surface area contributed by atoms with Gasteiger partial charge in [-0.05, 0) is 43.5 Å². The summed E-state index contributed by atoms with van der Waals surface area (Å²) in [6.45, 7) is 2.07. The SMILES string of the molecule is CC(C(=O)N[C@H](CO)c1cccc(C(F)(F)F)c1)n1cnn2cc(-c3nc(NC4CCOCC4)ncc3Cl)cc2c1=O. The van der Waals surface area contributed by atoms with E-state index in [-0.39, 0.29) is 22.1 Å². The maximum atomic E-state index is 13.4. The van der Waals surface area contributed by atoms with Crippen molar-refractivity contribution in [2.24, 2.45) is 0 Å². The highest BCUT2D eigenvalue weighted by atomic mass is 35.5. The number of aliphatic hydroxyl groups excluding tert-OH is 1. The van der Waals surface area contributed by atoms with Crippen LogP contribution in [0.1, 0.15) is 43.0 Å². The number of anilines is 1. The maximum Gasteiger partial charge on any atom is 0.416 e. The molecule has 4 heterocycles. The van der Waals surface area contributed by atoms with Crippen LogP contribution in [0, 0.1) is 0 Å². The molecule has 0 bridgehead atoms. The fourth-order valence-corrected chi connectivity index (χ4v) is 4.86. The lowest BCUT2D eigenvalue weighted by molar-refractivity contribution is -0.137. The summed E-state index contributed by atoms with van der Waals surface area (Å²) in [7, 11) is 0.